The van der Waals surface area contributed by atoms with E-state index in [0.29, 0.717) is 5.92 Å². The van der Waals surface area contributed by atoms with E-state index in [2.05, 4.69) is 15.6 Å². The summed E-state index contributed by atoms with van der Waals surface area (Å²) in [6.07, 6.45) is 4.01. The number of hydrogen-bond acceptors (Lipinski definition) is 4. The number of amides is 1. The molecule has 1 rings (SSSR count). The van der Waals surface area contributed by atoms with Crippen LogP contribution in [-0.2, 0) is 9.47 Å². The first kappa shape index (κ1) is 22.5. The van der Waals surface area contributed by atoms with E-state index >= 15 is 0 Å². The van der Waals surface area contributed by atoms with Crippen molar-refractivity contribution in [3.63, 3.8) is 0 Å². The summed E-state index contributed by atoms with van der Waals surface area (Å²) in [5.41, 5.74) is -0.448. The molecule has 7 heteroatoms. The van der Waals surface area contributed by atoms with Gasteiger partial charge in [0.1, 0.15) is 5.60 Å². The minimum absolute atomic E-state index is 0.209. The van der Waals surface area contributed by atoms with Gasteiger partial charge in [-0.15, -0.1) is 0 Å². The van der Waals surface area contributed by atoms with Gasteiger partial charge < -0.3 is 25.0 Å². The van der Waals surface area contributed by atoms with Gasteiger partial charge in [0.25, 0.3) is 0 Å². The van der Waals surface area contributed by atoms with Crippen molar-refractivity contribution < 1.29 is 14.3 Å². The highest BCUT2D eigenvalue weighted by molar-refractivity contribution is 5.79. The Kier molecular flexibility index (Phi) is 10.4. The number of carbonyl (C=O) groups is 1. The van der Waals surface area contributed by atoms with Gasteiger partial charge in [0.05, 0.1) is 0 Å². The lowest BCUT2D eigenvalue weighted by molar-refractivity contribution is 0.0168. The maximum atomic E-state index is 12.2. The second-order valence-electron chi connectivity index (χ2n) is 7.72. The number of guanidine groups is 1. The number of rotatable bonds is 8. The SMILES string of the molecule is CCOCCCCNC(=NC)NCC1CCCN(C(=O)OC(C)(C)C)C1. The second-order valence-corrected chi connectivity index (χ2v) is 7.72. The fraction of sp³-hybridized carbons (Fsp3) is 0.895. The summed E-state index contributed by atoms with van der Waals surface area (Å²) in [6, 6.07) is 0. The topological polar surface area (TPSA) is 75.2 Å². The number of carbonyl (C=O) groups excluding carboxylic acids is 1. The van der Waals surface area contributed by atoms with Crippen molar-refractivity contribution in [2.24, 2.45) is 10.9 Å². The van der Waals surface area contributed by atoms with Gasteiger partial charge in [-0.3, -0.25) is 4.99 Å². The molecule has 1 fully saturated rings. The van der Waals surface area contributed by atoms with Gasteiger partial charge in [0.15, 0.2) is 5.96 Å². The normalized spacial score (nSPS) is 18.6. The largest absolute Gasteiger partial charge is 0.444 e. The predicted octanol–water partition coefficient (Wildman–Crippen LogP) is 2.62. The lowest BCUT2D eigenvalue weighted by Gasteiger charge is -2.34. The van der Waals surface area contributed by atoms with E-state index in [4.69, 9.17) is 9.47 Å². The summed E-state index contributed by atoms with van der Waals surface area (Å²) >= 11 is 0. The van der Waals surface area contributed by atoms with E-state index in [0.717, 1.165) is 71.0 Å². The molecule has 1 atom stereocenters. The van der Waals surface area contributed by atoms with Gasteiger partial charge in [0, 0.05) is 46.4 Å². The van der Waals surface area contributed by atoms with Gasteiger partial charge in [-0.2, -0.15) is 0 Å². The summed E-state index contributed by atoms with van der Waals surface area (Å²) in [4.78, 5) is 18.3. The van der Waals surface area contributed by atoms with Crippen molar-refractivity contribution >= 4 is 12.1 Å². The van der Waals surface area contributed by atoms with E-state index in [9.17, 15) is 4.79 Å². The van der Waals surface area contributed by atoms with E-state index in [1.54, 1.807) is 7.05 Å². The summed E-state index contributed by atoms with van der Waals surface area (Å²) in [5.74, 6) is 1.23. The van der Waals surface area contributed by atoms with Crippen LogP contribution in [0, 0.1) is 5.92 Å². The van der Waals surface area contributed by atoms with E-state index in [-0.39, 0.29) is 6.09 Å². The van der Waals surface area contributed by atoms with Gasteiger partial charge >= 0.3 is 6.09 Å². The highest BCUT2D eigenvalue weighted by Crippen LogP contribution is 2.18. The van der Waals surface area contributed by atoms with E-state index in [1.807, 2.05) is 32.6 Å². The van der Waals surface area contributed by atoms with Crippen molar-refractivity contribution in [1.29, 1.82) is 0 Å². The Bertz CT molecular complexity index is 435. The van der Waals surface area contributed by atoms with Gasteiger partial charge in [0.2, 0.25) is 0 Å². The molecule has 1 aliphatic heterocycles. The molecule has 7 nitrogen and oxygen atoms in total. The maximum absolute atomic E-state index is 12.2. The fourth-order valence-corrected chi connectivity index (χ4v) is 2.87. The number of aliphatic imine (C=N–C) groups is 1. The lowest BCUT2D eigenvalue weighted by atomic mass is 9.98. The number of hydrogen-bond donors (Lipinski definition) is 2. The van der Waals surface area contributed by atoms with Crippen molar-refractivity contribution in [3.8, 4) is 0 Å². The Balaban J connectivity index is 2.28. The quantitative estimate of drug-likeness (QED) is 0.390. The molecule has 152 valence electrons. The Labute approximate surface area is 158 Å². The Hall–Kier alpha value is -1.50. The van der Waals surface area contributed by atoms with Crippen LogP contribution in [0.4, 0.5) is 4.79 Å². The third-order valence-corrected chi connectivity index (χ3v) is 4.16. The zero-order valence-electron chi connectivity index (χ0n) is 17.3. The number of nitrogens with one attached hydrogen (secondary N) is 2. The maximum Gasteiger partial charge on any atom is 0.410 e. The molecule has 0 aliphatic carbocycles. The molecule has 26 heavy (non-hydrogen) atoms. The average molecular weight is 371 g/mol. The average Bonchev–Trinajstić information content (AvgIpc) is 2.59. The zero-order valence-corrected chi connectivity index (χ0v) is 17.3. The third kappa shape index (κ3) is 9.85. The molecule has 0 aromatic carbocycles. The first-order valence-electron chi connectivity index (χ1n) is 9.86. The molecule has 1 saturated heterocycles. The van der Waals surface area contributed by atoms with Gasteiger partial charge in [-0.1, -0.05) is 0 Å². The molecule has 0 bridgehead atoms. The Morgan fingerprint density at radius 1 is 1.27 bits per heavy atom. The van der Waals surface area contributed by atoms with Crippen LogP contribution in [-0.4, -0.2) is 69.0 Å². The molecule has 0 radical (unpaired) electrons. The zero-order chi connectivity index (χ0) is 19.4. The minimum Gasteiger partial charge on any atom is -0.444 e. The lowest BCUT2D eigenvalue weighted by Crippen LogP contribution is -2.47. The highest BCUT2D eigenvalue weighted by Gasteiger charge is 2.27. The smallest absolute Gasteiger partial charge is 0.410 e. The van der Waals surface area contributed by atoms with E-state index < -0.39 is 5.60 Å². The first-order chi connectivity index (χ1) is 12.4. The van der Waals surface area contributed by atoms with Crippen molar-refractivity contribution in [1.82, 2.24) is 15.5 Å². The van der Waals surface area contributed by atoms with Crippen LogP contribution >= 0.6 is 0 Å². The molecule has 1 amide bonds. The molecular weight excluding hydrogens is 332 g/mol. The van der Waals surface area contributed by atoms with Gasteiger partial charge in [-0.25, -0.2) is 4.79 Å². The van der Waals surface area contributed by atoms with Crippen LogP contribution in [0.25, 0.3) is 0 Å². The molecule has 1 heterocycles. The number of piperidine rings is 1. The van der Waals surface area contributed by atoms with Gasteiger partial charge in [-0.05, 0) is 59.3 Å². The monoisotopic (exact) mass is 370 g/mol. The van der Waals surface area contributed by atoms with Crippen molar-refractivity contribution in [2.45, 2.75) is 59.0 Å². The second kappa shape index (κ2) is 12.0. The molecule has 0 aromatic heterocycles. The number of likely N-dealkylation sites (tertiary alicyclic amines) is 1. The summed E-state index contributed by atoms with van der Waals surface area (Å²) < 4.78 is 10.8. The van der Waals surface area contributed by atoms with E-state index in [1.165, 1.54) is 0 Å². The molecule has 0 saturated carbocycles. The first-order valence-corrected chi connectivity index (χ1v) is 9.86. The Morgan fingerprint density at radius 2 is 2.04 bits per heavy atom. The minimum atomic E-state index is -0.448. The standard InChI is InChI=1S/C19H38N4O3/c1-6-25-13-8-7-11-21-17(20-5)22-14-16-10-9-12-23(15-16)18(24)26-19(2,3)4/h16H,6-15H2,1-5H3,(H2,20,21,22). The summed E-state index contributed by atoms with van der Waals surface area (Å²) in [6.45, 7) is 12.5. The summed E-state index contributed by atoms with van der Waals surface area (Å²) in [7, 11) is 1.78. The van der Waals surface area contributed by atoms with Crippen LogP contribution in [0.5, 0.6) is 0 Å². The predicted molar refractivity (Wildman–Crippen MR) is 106 cm³/mol. The Morgan fingerprint density at radius 3 is 2.69 bits per heavy atom. The van der Waals surface area contributed by atoms with Crippen LogP contribution in [0.3, 0.4) is 0 Å². The number of unbranched alkanes of at least 4 members (excludes halogenated alkanes) is 1. The van der Waals surface area contributed by atoms with Crippen LogP contribution < -0.4 is 10.6 Å². The molecule has 0 aromatic rings. The molecule has 2 N–H and O–H groups in total. The van der Waals surface area contributed by atoms with Crippen molar-refractivity contribution in [2.75, 3.05) is 46.4 Å². The third-order valence-electron chi connectivity index (χ3n) is 4.16. The van der Waals surface area contributed by atoms with Crippen LogP contribution in [0.1, 0.15) is 53.4 Å². The van der Waals surface area contributed by atoms with Crippen LogP contribution in [0.15, 0.2) is 4.99 Å². The molecular formula is C19H38N4O3. The molecule has 0 spiro atoms. The number of ether oxygens (including phenoxy) is 2. The molecule has 1 aliphatic rings. The molecule has 1 unspecified atom stereocenters. The number of nitrogens with zero attached hydrogens (tertiary/aromatic N) is 2. The van der Waals surface area contributed by atoms with Crippen molar-refractivity contribution in [3.05, 3.63) is 0 Å². The fourth-order valence-electron chi connectivity index (χ4n) is 2.87. The highest BCUT2D eigenvalue weighted by atomic mass is 16.6. The van der Waals surface area contributed by atoms with Crippen LogP contribution in [0.2, 0.25) is 0 Å². The summed E-state index contributed by atoms with van der Waals surface area (Å²) in [5, 5.41) is 6.71.